The molecule has 1 rings (SSSR count). The molecule has 0 fully saturated rings. The number of carbonyl (C=O) groups excluding carboxylic acids is 6. The molecule has 13 nitrogen and oxygen atoms in total. The van der Waals surface area contributed by atoms with Crippen LogP contribution in [0.25, 0.3) is 0 Å². The van der Waals surface area contributed by atoms with Crippen LogP contribution in [-0.4, -0.2) is 72.6 Å². The van der Waals surface area contributed by atoms with E-state index in [1.807, 2.05) is 6.92 Å². The van der Waals surface area contributed by atoms with Gasteiger partial charge in [0.05, 0.1) is 13.5 Å². The molecule has 0 saturated heterocycles. The van der Waals surface area contributed by atoms with E-state index in [0.717, 1.165) is 5.56 Å². The highest BCUT2D eigenvalue weighted by molar-refractivity contribution is 5.96. The van der Waals surface area contributed by atoms with E-state index in [4.69, 9.17) is 14.2 Å². The van der Waals surface area contributed by atoms with E-state index in [9.17, 15) is 28.8 Å². The van der Waals surface area contributed by atoms with Gasteiger partial charge in [-0.3, -0.25) is 19.2 Å². The van der Waals surface area contributed by atoms with Crippen molar-refractivity contribution >= 4 is 35.8 Å². The zero-order valence-corrected chi connectivity index (χ0v) is 25.6. The zero-order chi connectivity index (χ0) is 32.0. The SMILES string of the molecule is CC[C@H](C)[C@H](NC(=O)[C@H](C)NC(=O)[C@@H](CC(=O)OCc1ccccc1)NC(=O)[C@H](C)NC(=O)OC(C)(C)C)C(=O)OC. The smallest absolute Gasteiger partial charge is 0.408 e. The summed E-state index contributed by atoms with van der Waals surface area (Å²) >= 11 is 0. The van der Waals surface area contributed by atoms with Crippen molar-refractivity contribution in [1.82, 2.24) is 21.3 Å². The predicted octanol–water partition coefficient (Wildman–Crippen LogP) is 1.73. The van der Waals surface area contributed by atoms with Crippen molar-refractivity contribution in [3.63, 3.8) is 0 Å². The Labute approximate surface area is 246 Å². The molecule has 0 spiro atoms. The number of methoxy groups -OCH3 is 1. The Morgan fingerprint density at radius 2 is 1.38 bits per heavy atom. The third-order valence-corrected chi connectivity index (χ3v) is 6.09. The maximum Gasteiger partial charge on any atom is 0.408 e. The summed E-state index contributed by atoms with van der Waals surface area (Å²) in [6, 6.07) is 4.20. The first-order chi connectivity index (χ1) is 19.6. The molecule has 234 valence electrons. The molecular formula is C29H44N4O9. The molecule has 0 aliphatic heterocycles. The second-order valence-electron chi connectivity index (χ2n) is 10.9. The third-order valence-electron chi connectivity index (χ3n) is 6.09. The van der Waals surface area contributed by atoms with Crippen LogP contribution in [0.1, 0.15) is 66.9 Å². The van der Waals surface area contributed by atoms with Gasteiger partial charge in [-0.2, -0.15) is 0 Å². The molecule has 0 aliphatic carbocycles. The number of benzene rings is 1. The summed E-state index contributed by atoms with van der Waals surface area (Å²) < 4.78 is 15.2. The summed E-state index contributed by atoms with van der Waals surface area (Å²) in [4.78, 5) is 75.7. The highest BCUT2D eigenvalue weighted by Gasteiger charge is 2.32. The number of hydrogen-bond acceptors (Lipinski definition) is 9. The van der Waals surface area contributed by atoms with E-state index in [1.165, 1.54) is 21.0 Å². The average Bonchev–Trinajstić information content (AvgIpc) is 2.92. The van der Waals surface area contributed by atoms with Gasteiger partial charge in [-0.15, -0.1) is 0 Å². The second-order valence-corrected chi connectivity index (χ2v) is 10.9. The van der Waals surface area contributed by atoms with E-state index >= 15 is 0 Å². The van der Waals surface area contributed by atoms with Gasteiger partial charge < -0.3 is 35.5 Å². The summed E-state index contributed by atoms with van der Waals surface area (Å²) in [6.45, 7) is 11.3. The van der Waals surface area contributed by atoms with Gasteiger partial charge in [0.2, 0.25) is 17.7 Å². The van der Waals surface area contributed by atoms with Crippen molar-refractivity contribution in [2.24, 2.45) is 5.92 Å². The molecule has 4 amide bonds. The highest BCUT2D eigenvalue weighted by atomic mass is 16.6. The lowest BCUT2D eigenvalue weighted by molar-refractivity contribution is -0.148. The van der Waals surface area contributed by atoms with Crippen LogP contribution in [0.4, 0.5) is 4.79 Å². The Morgan fingerprint density at radius 1 is 0.810 bits per heavy atom. The fourth-order valence-electron chi connectivity index (χ4n) is 3.47. The first kappa shape index (κ1) is 35.9. The Hall–Kier alpha value is -4.16. The van der Waals surface area contributed by atoms with E-state index in [0.29, 0.717) is 6.42 Å². The van der Waals surface area contributed by atoms with Gasteiger partial charge in [-0.1, -0.05) is 50.6 Å². The molecule has 4 N–H and O–H groups in total. The van der Waals surface area contributed by atoms with Crippen LogP contribution in [0.15, 0.2) is 30.3 Å². The number of alkyl carbamates (subject to hydrolysis) is 1. The fraction of sp³-hybridized carbons (Fsp3) is 0.586. The number of amides is 4. The molecule has 42 heavy (non-hydrogen) atoms. The molecule has 0 heterocycles. The minimum absolute atomic E-state index is 0.0537. The number of esters is 2. The van der Waals surface area contributed by atoms with Crippen LogP contribution in [-0.2, 0) is 44.8 Å². The second kappa shape index (κ2) is 16.9. The maximum atomic E-state index is 13.2. The van der Waals surface area contributed by atoms with Crippen LogP contribution < -0.4 is 21.3 Å². The molecular weight excluding hydrogens is 548 g/mol. The van der Waals surface area contributed by atoms with Gasteiger partial charge in [-0.25, -0.2) is 9.59 Å². The largest absolute Gasteiger partial charge is 0.467 e. The maximum absolute atomic E-state index is 13.2. The Bertz CT molecular complexity index is 1090. The van der Waals surface area contributed by atoms with Crippen LogP contribution in [0.3, 0.4) is 0 Å². The number of hydrogen-bond donors (Lipinski definition) is 4. The van der Waals surface area contributed by atoms with Gasteiger partial charge in [0.15, 0.2) is 0 Å². The topological polar surface area (TPSA) is 178 Å². The first-order valence-corrected chi connectivity index (χ1v) is 13.8. The minimum atomic E-state index is -1.45. The van der Waals surface area contributed by atoms with Crippen LogP contribution in [0.5, 0.6) is 0 Å². The molecule has 0 aliphatic rings. The van der Waals surface area contributed by atoms with E-state index in [1.54, 1.807) is 58.0 Å². The van der Waals surface area contributed by atoms with Crippen LogP contribution in [0, 0.1) is 5.92 Å². The number of ether oxygens (including phenoxy) is 3. The third kappa shape index (κ3) is 13.0. The van der Waals surface area contributed by atoms with Crippen LogP contribution in [0.2, 0.25) is 0 Å². The van der Waals surface area contributed by atoms with Crippen LogP contribution >= 0.6 is 0 Å². The van der Waals surface area contributed by atoms with Gasteiger partial charge in [0, 0.05) is 0 Å². The highest BCUT2D eigenvalue weighted by Crippen LogP contribution is 2.10. The molecule has 0 aromatic heterocycles. The monoisotopic (exact) mass is 592 g/mol. The van der Waals surface area contributed by atoms with E-state index in [2.05, 4.69) is 21.3 Å². The number of carbonyl (C=O) groups is 6. The number of nitrogens with one attached hydrogen (secondary N) is 4. The molecule has 13 heteroatoms. The van der Waals surface area contributed by atoms with Crippen molar-refractivity contribution in [1.29, 1.82) is 0 Å². The van der Waals surface area contributed by atoms with Gasteiger partial charge in [-0.05, 0) is 46.1 Å². The predicted molar refractivity (Wildman–Crippen MR) is 153 cm³/mol. The fourth-order valence-corrected chi connectivity index (χ4v) is 3.47. The molecule has 0 unspecified atom stereocenters. The lowest BCUT2D eigenvalue weighted by Gasteiger charge is -2.26. The molecule has 5 atom stereocenters. The summed E-state index contributed by atoms with van der Waals surface area (Å²) in [5.74, 6) is -3.96. The normalized spacial score (nSPS) is 14.6. The molecule has 1 aromatic rings. The summed E-state index contributed by atoms with van der Waals surface area (Å²) in [5, 5.41) is 9.82. The van der Waals surface area contributed by atoms with E-state index in [-0.39, 0.29) is 12.5 Å². The summed E-state index contributed by atoms with van der Waals surface area (Å²) in [7, 11) is 1.21. The Morgan fingerprint density at radius 3 is 1.93 bits per heavy atom. The molecule has 0 radical (unpaired) electrons. The summed E-state index contributed by atoms with van der Waals surface area (Å²) in [5.41, 5.74) is -0.0817. The molecule has 1 aromatic carbocycles. The quantitative estimate of drug-likeness (QED) is 0.185. The van der Waals surface area contributed by atoms with Crippen molar-refractivity contribution in [2.75, 3.05) is 7.11 Å². The van der Waals surface area contributed by atoms with Gasteiger partial charge >= 0.3 is 18.0 Å². The average molecular weight is 593 g/mol. The van der Waals surface area contributed by atoms with Gasteiger partial charge in [0.25, 0.3) is 0 Å². The van der Waals surface area contributed by atoms with Crippen molar-refractivity contribution in [2.45, 2.75) is 97.7 Å². The Balaban J connectivity index is 2.99. The standard InChI is InChI=1S/C29H44N4O9/c1-9-17(2)23(27(38)40-8)33-25(36)18(3)30-26(37)21(15-22(34)41-16-20-13-11-10-12-14-20)32-24(35)19(4)31-28(39)42-29(5,6)7/h10-14,17-19,21,23H,9,15-16H2,1-8H3,(H,30,37)(H,31,39)(H,32,35)(H,33,36)/t17-,18-,19-,21+,23-/m0/s1. The van der Waals surface area contributed by atoms with Crippen molar-refractivity contribution in [3.05, 3.63) is 35.9 Å². The Kier molecular flexibility index (Phi) is 14.5. The number of rotatable bonds is 14. The zero-order valence-electron chi connectivity index (χ0n) is 25.6. The van der Waals surface area contributed by atoms with Gasteiger partial charge in [0.1, 0.15) is 36.4 Å². The lowest BCUT2D eigenvalue weighted by atomic mass is 9.99. The van der Waals surface area contributed by atoms with E-state index < -0.39 is 71.9 Å². The summed E-state index contributed by atoms with van der Waals surface area (Å²) in [6.07, 6.45) is -0.828. The van der Waals surface area contributed by atoms with Crippen molar-refractivity contribution < 1.29 is 43.0 Å². The first-order valence-electron chi connectivity index (χ1n) is 13.8. The van der Waals surface area contributed by atoms with Crippen molar-refractivity contribution in [3.8, 4) is 0 Å². The lowest BCUT2D eigenvalue weighted by Crippen LogP contribution is -2.57. The molecule has 0 saturated carbocycles. The minimum Gasteiger partial charge on any atom is -0.467 e. The molecule has 0 bridgehead atoms.